The maximum atomic E-state index is 11.1. The average Bonchev–Trinajstić information content (AvgIpc) is 2.75. The summed E-state index contributed by atoms with van der Waals surface area (Å²) in [6, 6.07) is 0. The molecule has 34 heavy (non-hydrogen) atoms. The molecule has 0 aromatic heterocycles. The fraction of sp³-hybridized carbons (Fsp3) is 1.00. The van der Waals surface area contributed by atoms with Gasteiger partial charge in [0.25, 0.3) is 0 Å². The number of aliphatic hydroxyl groups excluding tert-OH is 1. The lowest BCUT2D eigenvalue weighted by Crippen LogP contribution is -2.48. The highest BCUT2D eigenvalue weighted by atomic mass is 32.2. The van der Waals surface area contributed by atoms with E-state index in [-0.39, 0.29) is 14.0 Å². The molecule has 0 atom stereocenters. The Labute approximate surface area is 207 Å². The number of morpholine rings is 1. The summed E-state index contributed by atoms with van der Waals surface area (Å²) in [7, 11) is -8.89. The first-order chi connectivity index (χ1) is 15.2. The van der Waals surface area contributed by atoms with E-state index in [1.807, 2.05) is 0 Å². The van der Waals surface area contributed by atoms with Gasteiger partial charge in [-0.05, 0) is 12.8 Å². The summed E-state index contributed by atoms with van der Waals surface area (Å²) in [5, 5.41) is 8.67. The molecule has 0 saturated carbocycles. The molecule has 0 radical (unpaired) electrons. The van der Waals surface area contributed by atoms with E-state index in [1.165, 1.54) is 33.8 Å². The van der Waals surface area contributed by atoms with Crippen molar-refractivity contribution in [2.45, 2.75) is 26.7 Å². The molecule has 12 nitrogen and oxygen atoms in total. The van der Waals surface area contributed by atoms with Gasteiger partial charge in [-0.3, -0.25) is 4.90 Å². The molecule has 15 heteroatoms. The predicted molar refractivity (Wildman–Crippen MR) is 134 cm³/mol. The summed E-state index contributed by atoms with van der Waals surface area (Å²) in [4.78, 5) is 2.06. The van der Waals surface area contributed by atoms with Crippen LogP contribution in [0.4, 0.5) is 0 Å². The van der Waals surface area contributed by atoms with E-state index < -0.39 is 30.1 Å². The van der Waals surface area contributed by atoms with E-state index in [0.29, 0.717) is 59.0 Å². The SMILES string of the molecule is C.CS(=O)(=O)N1CCCCC1.CS(=O)(=O)N1CCN(CCO)CC1.CS(=O)(=O)N1CCOCC1. The topological polar surface area (TPSA) is 145 Å². The van der Waals surface area contributed by atoms with Crippen molar-refractivity contribution in [3.05, 3.63) is 0 Å². The Morgan fingerprint density at radius 2 is 1.00 bits per heavy atom. The molecule has 206 valence electrons. The normalized spacial score (nSPS) is 21.9. The van der Waals surface area contributed by atoms with Crippen LogP contribution in [0.2, 0.25) is 0 Å². The van der Waals surface area contributed by atoms with E-state index in [4.69, 9.17) is 9.84 Å². The van der Waals surface area contributed by atoms with Gasteiger partial charge in [0.05, 0.1) is 38.6 Å². The Bertz CT molecular complexity index is 815. The first-order valence-electron chi connectivity index (χ1n) is 11.0. The quantitative estimate of drug-likeness (QED) is 0.449. The van der Waals surface area contributed by atoms with Crippen LogP contribution in [-0.4, -0.2) is 146 Å². The van der Waals surface area contributed by atoms with Gasteiger partial charge in [-0.2, -0.15) is 8.61 Å². The predicted octanol–water partition coefficient (Wildman–Crippen LogP) is -1.10. The summed E-state index contributed by atoms with van der Waals surface area (Å²) in [5.41, 5.74) is 0. The number of hydrogen-bond donors (Lipinski definition) is 1. The van der Waals surface area contributed by atoms with Crippen LogP contribution in [0.25, 0.3) is 0 Å². The lowest BCUT2D eigenvalue weighted by atomic mass is 10.2. The fourth-order valence-corrected chi connectivity index (χ4v) is 6.06. The zero-order chi connectivity index (χ0) is 25.1. The molecule has 3 fully saturated rings. The zero-order valence-electron chi connectivity index (χ0n) is 19.9. The maximum Gasteiger partial charge on any atom is 0.211 e. The van der Waals surface area contributed by atoms with Gasteiger partial charge in [0, 0.05) is 58.9 Å². The van der Waals surface area contributed by atoms with E-state index in [1.54, 1.807) is 4.31 Å². The Hall–Kier alpha value is -0.390. The van der Waals surface area contributed by atoms with Crippen LogP contribution >= 0.6 is 0 Å². The zero-order valence-corrected chi connectivity index (χ0v) is 22.4. The number of ether oxygens (including phenoxy) is 1. The van der Waals surface area contributed by atoms with Crippen molar-refractivity contribution in [2.75, 3.05) is 97.5 Å². The number of nitrogens with zero attached hydrogens (tertiary/aromatic N) is 4. The summed E-state index contributed by atoms with van der Waals surface area (Å²) < 4.78 is 75.2. The van der Waals surface area contributed by atoms with Gasteiger partial charge in [0.2, 0.25) is 30.1 Å². The van der Waals surface area contributed by atoms with Crippen LogP contribution in [-0.2, 0) is 34.8 Å². The number of sulfonamides is 3. The molecule has 3 heterocycles. The molecule has 3 rings (SSSR count). The second kappa shape index (κ2) is 15.7. The molecule has 3 aliphatic heterocycles. The molecule has 0 bridgehead atoms. The first-order valence-corrected chi connectivity index (χ1v) is 16.6. The third kappa shape index (κ3) is 13.6. The monoisotopic (exact) mass is 552 g/mol. The van der Waals surface area contributed by atoms with Gasteiger partial charge in [0.1, 0.15) is 0 Å². The second-order valence-corrected chi connectivity index (χ2v) is 14.2. The molecule has 0 aromatic carbocycles. The minimum Gasteiger partial charge on any atom is -0.395 e. The van der Waals surface area contributed by atoms with Gasteiger partial charge in [-0.15, -0.1) is 0 Å². The van der Waals surface area contributed by atoms with Crippen molar-refractivity contribution in [3.63, 3.8) is 0 Å². The highest BCUT2D eigenvalue weighted by molar-refractivity contribution is 7.88. The van der Waals surface area contributed by atoms with Crippen LogP contribution in [0.3, 0.4) is 0 Å². The minimum absolute atomic E-state index is 0. The van der Waals surface area contributed by atoms with Gasteiger partial charge >= 0.3 is 0 Å². The lowest BCUT2D eigenvalue weighted by molar-refractivity contribution is 0.0733. The number of rotatable bonds is 5. The molecule has 0 aromatic rings. The third-order valence-corrected chi connectivity index (χ3v) is 9.35. The minimum atomic E-state index is -3.02. The Balaban J connectivity index is 0.000000479. The summed E-state index contributed by atoms with van der Waals surface area (Å²) >= 11 is 0. The number of aliphatic hydroxyl groups is 1. The average molecular weight is 553 g/mol. The third-order valence-electron chi connectivity index (χ3n) is 5.44. The Morgan fingerprint density at radius 3 is 1.32 bits per heavy atom. The van der Waals surface area contributed by atoms with Gasteiger partial charge in [-0.1, -0.05) is 13.8 Å². The molecule has 3 aliphatic rings. The molecule has 0 spiro atoms. The molecule has 0 amide bonds. The van der Waals surface area contributed by atoms with Crippen molar-refractivity contribution >= 4 is 30.1 Å². The first kappa shape index (κ1) is 33.6. The molecule has 0 aliphatic carbocycles. The largest absolute Gasteiger partial charge is 0.395 e. The fourth-order valence-electron chi connectivity index (χ4n) is 3.50. The van der Waals surface area contributed by atoms with Gasteiger partial charge < -0.3 is 9.84 Å². The molecular formula is C19H44N4O8S3. The number of piperidine rings is 1. The Morgan fingerprint density at radius 1 is 0.618 bits per heavy atom. The van der Waals surface area contributed by atoms with Crippen molar-refractivity contribution in [1.29, 1.82) is 0 Å². The summed E-state index contributed by atoms with van der Waals surface area (Å²) in [6.45, 7) is 6.77. The highest BCUT2D eigenvalue weighted by Gasteiger charge is 2.22. The molecule has 1 N–H and O–H groups in total. The van der Waals surface area contributed by atoms with Crippen molar-refractivity contribution in [1.82, 2.24) is 17.8 Å². The van der Waals surface area contributed by atoms with Crippen LogP contribution in [0.15, 0.2) is 0 Å². The molecular weight excluding hydrogens is 508 g/mol. The summed E-state index contributed by atoms with van der Waals surface area (Å²) in [6.07, 6.45) is 6.94. The lowest BCUT2D eigenvalue weighted by Gasteiger charge is -2.32. The highest BCUT2D eigenvalue weighted by Crippen LogP contribution is 2.11. The Kier molecular flexibility index (Phi) is 15.5. The molecule has 3 saturated heterocycles. The number of hydrogen-bond acceptors (Lipinski definition) is 9. The van der Waals surface area contributed by atoms with E-state index in [2.05, 4.69) is 4.90 Å². The van der Waals surface area contributed by atoms with E-state index in [9.17, 15) is 25.3 Å². The molecule has 0 unspecified atom stereocenters. The smallest absolute Gasteiger partial charge is 0.211 e. The van der Waals surface area contributed by atoms with Crippen LogP contribution in [0.5, 0.6) is 0 Å². The van der Waals surface area contributed by atoms with E-state index in [0.717, 1.165) is 25.9 Å². The van der Waals surface area contributed by atoms with Crippen molar-refractivity contribution < 1.29 is 35.1 Å². The van der Waals surface area contributed by atoms with Crippen LogP contribution in [0.1, 0.15) is 26.7 Å². The van der Waals surface area contributed by atoms with Gasteiger partial charge in [-0.25, -0.2) is 29.6 Å². The van der Waals surface area contributed by atoms with Crippen LogP contribution < -0.4 is 0 Å². The maximum absolute atomic E-state index is 11.1. The number of piperazine rings is 1. The summed E-state index contributed by atoms with van der Waals surface area (Å²) in [5.74, 6) is 0. The number of β-amino-alcohol motifs (C(OH)–C–C–N with tert-alkyl or cyclic N) is 1. The standard InChI is InChI=1S/C7H16N2O3S.C6H13NO2S.C5H11NO3S.CH4/c1-13(11,12)9-4-2-8(3-5-9)6-7-10;1-10(8,9)7-5-3-2-4-6-7;1-10(7,8)6-2-4-9-5-3-6;/h10H,2-7H2,1H3;2-6H2,1H3;2-5H2,1H3;1H4. The second-order valence-electron chi connectivity index (χ2n) is 8.22. The van der Waals surface area contributed by atoms with Gasteiger partial charge in [0.15, 0.2) is 0 Å². The van der Waals surface area contributed by atoms with Crippen molar-refractivity contribution in [3.8, 4) is 0 Å². The van der Waals surface area contributed by atoms with Crippen molar-refractivity contribution in [2.24, 2.45) is 0 Å². The van der Waals surface area contributed by atoms with E-state index >= 15 is 0 Å². The van der Waals surface area contributed by atoms with Crippen LogP contribution in [0, 0.1) is 0 Å².